The molecule has 100 valence electrons. The monoisotopic (exact) mass is 255 g/mol. The average Bonchev–Trinajstić information content (AvgIpc) is 2.32. The van der Waals surface area contributed by atoms with E-state index in [9.17, 15) is 20.0 Å². The van der Waals surface area contributed by atoms with Gasteiger partial charge in [0.15, 0.2) is 6.10 Å². The van der Waals surface area contributed by atoms with Crippen molar-refractivity contribution in [1.82, 2.24) is 0 Å². The first-order valence-electron chi connectivity index (χ1n) is 5.96. The van der Waals surface area contributed by atoms with Gasteiger partial charge in [0.25, 0.3) is 5.70 Å². The molecule has 1 rings (SSSR count). The molecule has 0 fully saturated rings. The molecule has 0 heterocycles. The third-order valence-corrected chi connectivity index (χ3v) is 2.60. The summed E-state index contributed by atoms with van der Waals surface area (Å²) in [6, 6.07) is 0. The van der Waals surface area contributed by atoms with Crippen molar-refractivity contribution in [2.75, 3.05) is 0 Å². The normalized spacial score (nSPS) is 22.4. The Labute approximate surface area is 105 Å². The first-order valence-corrected chi connectivity index (χ1v) is 5.96. The molecule has 0 bridgehead atoms. The predicted molar refractivity (Wildman–Crippen MR) is 64.2 cm³/mol. The van der Waals surface area contributed by atoms with Crippen molar-refractivity contribution in [3.05, 3.63) is 34.0 Å². The number of carbonyl (C=O) groups is 1. The van der Waals surface area contributed by atoms with Crippen LogP contribution in [0.4, 0.5) is 0 Å². The molecule has 0 amide bonds. The highest BCUT2D eigenvalue weighted by Gasteiger charge is 2.26. The van der Waals surface area contributed by atoms with E-state index in [-0.39, 0.29) is 5.70 Å². The van der Waals surface area contributed by atoms with Crippen LogP contribution in [0.3, 0.4) is 0 Å². The summed E-state index contributed by atoms with van der Waals surface area (Å²) in [6.45, 7) is 2.03. The van der Waals surface area contributed by atoms with Gasteiger partial charge in [-0.15, -0.1) is 0 Å². The number of unbranched alkanes of at least 4 members (excludes halogenated alkanes) is 2. The summed E-state index contributed by atoms with van der Waals surface area (Å²) in [4.78, 5) is 21.3. The highest BCUT2D eigenvalue weighted by atomic mass is 16.6. The van der Waals surface area contributed by atoms with Gasteiger partial charge in [0, 0.05) is 18.6 Å². The van der Waals surface area contributed by atoms with Crippen LogP contribution in [-0.4, -0.2) is 28.2 Å². The summed E-state index contributed by atoms with van der Waals surface area (Å²) < 4.78 is 5.04. The van der Waals surface area contributed by atoms with Gasteiger partial charge in [-0.2, -0.15) is 0 Å². The number of nitro groups is 1. The maximum absolute atomic E-state index is 11.4. The Bertz CT molecular complexity index is 375. The van der Waals surface area contributed by atoms with Gasteiger partial charge in [-0.3, -0.25) is 14.9 Å². The predicted octanol–water partition coefficient (Wildman–Crippen LogP) is 1.57. The van der Waals surface area contributed by atoms with E-state index in [2.05, 4.69) is 0 Å². The number of rotatable bonds is 6. The molecule has 0 aromatic rings. The van der Waals surface area contributed by atoms with Crippen LogP contribution < -0.4 is 0 Å². The van der Waals surface area contributed by atoms with E-state index in [0.717, 1.165) is 25.3 Å². The van der Waals surface area contributed by atoms with Crippen molar-refractivity contribution in [2.24, 2.45) is 0 Å². The summed E-state index contributed by atoms with van der Waals surface area (Å²) in [6.07, 6.45) is 4.65. The lowest BCUT2D eigenvalue weighted by atomic mass is 10.1. The minimum Gasteiger partial charge on any atom is -0.455 e. The quantitative estimate of drug-likeness (QED) is 0.337. The van der Waals surface area contributed by atoms with Gasteiger partial charge in [-0.05, 0) is 12.5 Å². The number of ether oxygens (including phenoxy) is 1. The van der Waals surface area contributed by atoms with E-state index in [0.29, 0.717) is 6.42 Å². The lowest BCUT2D eigenvalue weighted by molar-refractivity contribution is -0.420. The maximum atomic E-state index is 11.4. The maximum Gasteiger partial charge on any atom is 0.306 e. The summed E-state index contributed by atoms with van der Waals surface area (Å²) >= 11 is 0. The molecule has 0 saturated heterocycles. The third kappa shape index (κ3) is 4.29. The van der Waals surface area contributed by atoms with Crippen molar-refractivity contribution in [1.29, 1.82) is 0 Å². The fraction of sp³-hybridized carbons (Fsp3) is 0.583. The van der Waals surface area contributed by atoms with Crippen molar-refractivity contribution in [2.45, 2.75) is 44.8 Å². The van der Waals surface area contributed by atoms with E-state index < -0.39 is 23.1 Å². The molecule has 1 aliphatic carbocycles. The Kier molecular flexibility index (Phi) is 5.51. The van der Waals surface area contributed by atoms with Crippen molar-refractivity contribution in [3.8, 4) is 0 Å². The molecule has 1 N–H and O–H groups in total. The smallest absolute Gasteiger partial charge is 0.306 e. The number of aliphatic hydroxyl groups excluding tert-OH is 1. The molecular formula is C12H17NO5. The number of carbonyl (C=O) groups excluding carboxylic acids is 1. The van der Waals surface area contributed by atoms with E-state index in [1.54, 1.807) is 0 Å². The fourth-order valence-corrected chi connectivity index (χ4v) is 1.59. The molecular weight excluding hydrogens is 238 g/mol. The van der Waals surface area contributed by atoms with E-state index in [1.807, 2.05) is 6.92 Å². The first-order chi connectivity index (χ1) is 8.54. The topological polar surface area (TPSA) is 89.7 Å². The number of allylic oxidation sites excluding steroid dienone is 1. The molecule has 0 aromatic carbocycles. The lowest BCUT2D eigenvalue weighted by Crippen LogP contribution is -2.30. The van der Waals surface area contributed by atoms with Gasteiger partial charge in [-0.1, -0.05) is 19.8 Å². The van der Waals surface area contributed by atoms with Crippen LogP contribution in [0.1, 0.15) is 32.6 Å². The van der Waals surface area contributed by atoms with Gasteiger partial charge < -0.3 is 9.84 Å². The third-order valence-electron chi connectivity index (χ3n) is 2.60. The van der Waals surface area contributed by atoms with Gasteiger partial charge in [0.2, 0.25) is 0 Å². The number of nitrogens with zero attached hydrogens (tertiary/aromatic N) is 1. The molecule has 1 aliphatic rings. The fourth-order valence-electron chi connectivity index (χ4n) is 1.59. The molecule has 1 unspecified atom stereocenters. The second kappa shape index (κ2) is 6.90. The average molecular weight is 255 g/mol. The molecule has 0 saturated carbocycles. The second-order valence-electron chi connectivity index (χ2n) is 4.11. The molecule has 6 nitrogen and oxygen atoms in total. The first kappa shape index (κ1) is 14.4. The van der Waals surface area contributed by atoms with Crippen molar-refractivity contribution in [3.63, 3.8) is 0 Å². The summed E-state index contributed by atoms with van der Waals surface area (Å²) in [5.41, 5.74) is -0.194. The summed E-state index contributed by atoms with van der Waals surface area (Å²) in [5.74, 6) is -0.393. The number of esters is 1. The molecule has 0 aliphatic heterocycles. The minimum absolute atomic E-state index is 0.194. The minimum atomic E-state index is -1.16. The van der Waals surface area contributed by atoms with Gasteiger partial charge in [0.1, 0.15) is 6.10 Å². The Morgan fingerprint density at radius 2 is 2.28 bits per heavy atom. The van der Waals surface area contributed by atoms with Crippen molar-refractivity contribution >= 4 is 5.97 Å². The zero-order chi connectivity index (χ0) is 13.5. The van der Waals surface area contributed by atoms with Crippen LogP contribution in [0.25, 0.3) is 0 Å². The van der Waals surface area contributed by atoms with Crippen LogP contribution in [0.2, 0.25) is 0 Å². The van der Waals surface area contributed by atoms with Crippen LogP contribution in [0.5, 0.6) is 0 Å². The standard InChI is InChI=1S/C12H17NO5/c1-2-3-4-5-12(15)18-11-7-6-9(13(16)17)8-10(11)14/h6-8,10-11,14H,2-5H2,1H3/t10-,11?/m0/s1. The van der Waals surface area contributed by atoms with Crippen LogP contribution >= 0.6 is 0 Å². The largest absolute Gasteiger partial charge is 0.455 e. The Balaban J connectivity index is 2.44. The Morgan fingerprint density at radius 3 is 2.83 bits per heavy atom. The highest BCUT2D eigenvalue weighted by molar-refractivity contribution is 5.69. The number of aliphatic hydroxyl groups is 1. The highest BCUT2D eigenvalue weighted by Crippen LogP contribution is 2.15. The lowest BCUT2D eigenvalue weighted by Gasteiger charge is -2.19. The zero-order valence-electron chi connectivity index (χ0n) is 10.2. The molecule has 18 heavy (non-hydrogen) atoms. The second-order valence-corrected chi connectivity index (χ2v) is 4.11. The van der Waals surface area contributed by atoms with Crippen LogP contribution in [-0.2, 0) is 9.53 Å². The number of hydrogen-bond acceptors (Lipinski definition) is 5. The van der Waals surface area contributed by atoms with Crippen LogP contribution in [0.15, 0.2) is 23.9 Å². The molecule has 0 spiro atoms. The molecule has 0 aromatic heterocycles. The molecule has 2 atom stereocenters. The molecule has 6 heteroatoms. The van der Waals surface area contributed by atoms with Gasteiger partial charge in [-0.25, -0.2) is 0 Å². The summed E-state index contributed by atoms with van der Waals surface area (Å²) in [7, 11) is 0. The van der Waals surface area contributed by atoms with Crippen LogP contribution in [0, 0.1) is 10.1 Å². The van der Waals surface area contributed by atoms with E-state index in [1.165, 1.54) is 12.2 Å². The SMILES string of the molecule is CCCCCC(=O)OC1C=CC([N+](=O)[O-])=C[C@@H]1O. The van der Waals surface area contributed by atoms with Gasteiger partial charge in [0.05, 0.1) is 4.92 Å². The zero-order valence-corrected chi connectivity index (χ0v) is 10.2. The van der Waals surface area contributed by atoms with Crippen molar-refractivity contribution < 1.29 is 19.6 Å². The summed E-state index contributed by atoms with van der Waals surface area (Å²) in [5, 5.41) is 20.1. The molecule has 0 radical (unpaired) electrons. The van der Waals surface area contributed by atoms with Gasteiger partial charge >= 0.3 is 5.97 Å². The Morgan fingerprint density at radius 1 is 1.56 bits per heavy atom. The Hall–Kier alpha value is -1.69. The number of hydrogen-bond donors (Lipinski definition) is 1. The van der Waals surface area contributed by atoms with E-state index >= 15 is 0 Å². The van der Waals surface area contributed by atoms with E-state index in [4.69, 9.17) is 4.74 Å².